The molecule has 0 fully saturated rings. The van der Waals surface area contributed by atoms with E-state index >= 15 is 0 Å². The summed E-state index contributed by atoms with van der Waals surface area (Å²) < 4.78 is 0. The first-order chi connectivity index (χ1) is 7.18. The Morgan fingerprint density at radius 1 is 1.13 bits per heavy atom. The average Bonchev–Trinajstić information content (AvgIpc) is 2.65. The van der Waals surface area contributed by atoms with Gasteiger partial charge < -0.3 is 0 Å². The SMILES string of the molecule is Cc1ccc(C(Cl)c2ccccc2Cl)s1. The van der Waals surface area contributed by atoms with Gasteiger partial charge in [-0.3, -0.25) is 0 Å². The molecule has 0 aliphatic heterocycles. The first-order valence-electron chi connectivity index (χ1n) is 4.63. The smallest absolute Gasteiger partial charge is 0.0942 e. The van der Waals surface area contributed by atoms with Gasteiger partial charge >= 0.3 is 0 Å². The van der Waals surface area contributed by atoms with E-state index in [9.17, 15) is 0 Å². The molecule has 0 radical (unpaired) electrons. The summed E-state index contributed by atoms with van der Waals surface area (Å²) in [5.41, 5.74) is 0.975. The predicted octanol–water partition coefficient (Wildman–Crippen LogP) is 5.04. The zero-order chi connectivity index (χ0) is 10.8. The molecule has 2 rings (SSSR count). The fourth-order valence-electron chi connectivity index (χ4n) is 1.42. The third-order valence-electron chi connectivity index (χ3n) is 2.19. The van der Waals surface area contributed by atoms with Crippen LogP contribution in [0.4, 0.5) is 0 Å². The Morgan fingerprint density at radius 3 is 2.47 bits per heavy atom. The summed E-state index contributed by atoms with van der Waals surface area (Å²) >= 11 is 14.2. The molecule has 1 aromatic heterocycles. The number of benzene rings is 1. The number of halogens is 2. The largest absolute Gasteiger partial charge is 0.144 e. The van der Waals surface area contributed by atoms with Crippen molar-refractivity contribution in [3.8, 4) is 0 Å². The van der Waals surface area contributed by atoms with Gasteiger partial charge in [-0.2, -0.15) is 0 Å². The van der Waals surface area contributed by atoms with Gasteiger partial charge in [0.25, 0.3) is 0 Å². The van der Waals surface area contributed by atoms with Crippen molar-refractivity contribution in [3.63, 3.8) is 0 Å². The van der Waals surface area contributed by atoms with E-state index in [1.165, 1.54) is 4.88 Å². The van der Waals surface area contributed by atoms with E-state index in [0.29, 0.717) is 0 Å². The van der Waals surface area contributed by atoms with Gasteiger partial charge in [0.2, 0.25) is 0 Å². The highest BCUT2D eigenvalue weighted by atomic mass is 35.5. The van der Waals surface area contributed by atoms with Crippen LogP contribution < -0.4 is 0 Å². The van der Waals surface area contributed by atoms with E-state index < -0.39 is 0 Å². The van der Waals surface area contributed by atoms with Gasteiger partial charge in [-0.1, -0.05) is 29.8 Å². The third-order valence-corrected chi connectivity index (χ3v) is 4.20. The Hall–Kier alpha value is -0.500. The van der Waals surface area contributed by atoms with Crippen molar-refractivity contribution in [3.05, 3.63) is 56.7 Å². The first kappa shape index (κ1) is 11.0. The van der Waals surface area contributed by atoms with Gasteiger partial charge in [-0.05, 0) is 30.7 Å². The summed E-state index contributed by atoms with van der Waals surface area (Å²) in [6.45, 7) is 2.07. The maximum atomic E-state index is 6.38. The molecule has 0 nitrogen and oxygen atoms in total. The van der Waals surface area contributed by atoms with Crippen LogP contribution in [0.2, 0.25) is 5.02 Å². The second kappa shape index (κ2) is 4.56. The lowest BCUT2D eigenvalue weighted by Gasteiger charge is -2.09. The molecule has 0 spiro atoms. The average molecular weight is 257 g/mol. The lowest BCUT2D eigenvalue weighted by atomic mass is 10.1. The summed E-state index contributed by atoms with van der Waals surface area (Å²) in [7, 11) is 0. The molecule has 0 aliphatic rings. The Balaban J connectivity index is 2.36. The van der Waals surface area contributed by atoms with E-state index in [-0.39, 0.29) is 5.38 Å². The standard InChI is InChI=1S/C12H10Cl2S/c1-8-6-7-11(15-8)12(14)9-4-2-3-5-10(9)13/h2-7,12H,1H3. The fraction of sp³-hybridized carbons (Fsp3) is 0.167. The molecule has 1 atom stereocenters. The molecule has 78 valence electrons. The van der Waals surface area contributed by atoms with Crippen molar-refractivity contribution in [1.29, 1.82) is 0 Å². The zero-order valence-corrected chi connectivity index (χ0v) is 10.5. The van der Waals surface area contributed by atoms with Crippen LogP contribution in [0.3, 0.4) is 0 Å². The fourth-order valence-corrected chi connectivity index (χ4v) is 3.00. The summed E-state index contributed by atoms with van der Waals surface area (Å²) in [5.74, 6) is 0. The Morgan fingerprint density at radius 2 is 1.87 bits per heavy atom. The lowest BCUT2D eigenvalue weighted by molar-refractivity contribution is 1.18. The Bertz CT molecular complexity index is 462. The van der Waals surface area contributed by atoms with Crippen LogP contribution in [0.15, 0.2) is 36.4 Å². The quantitative estimate of drug-likeness (QED) is 0.661. The Labute approximate surface area is 103 Å². The highest BCUT2D eigenvalue weighted by Crippen LogP contribution is 2.36. The summed E-state index contributed by atoms with van der Waals surface area (Å²) in [5, 5.41) is 0.584. The second-order valence-corrected chi connectivity index (χ2v) is 5.50. The van der Waals surface area contributed by atoms with Gasteiger partial charge in [-0.25, -0.2) is 0 Å². The summed E-state index contributed by atoms with van der Waals surface area (Å²) in [4.78, 5) is 2.41. The van der Waals surface area contributed by atoms with Crippen molar-refractivity contribution in [2.45, 2.75) is 12.3 Å². The molecule has 0 saturated heterocycles. The summed E-state index contributed by atoms with van der Waals surface area (Å²) in [6, 6.07) is 11.8. The molecule has 0 aliphatic carbocycles. The number of thiophene rings is 1. The van der Waals surface area contributed by atoms with Gasteiger partial charge in [-0.15, -0.1) is 22.9 Å². The van der Waals surface area contributed by atoms with Gasteiger partial charge in [0.05, 0.1) is 5.38 Å². The van der Waals surface area contributed by atoms with E-state index in [2.05, 4.69) is 19.1 Å². The van der Waals surface area contributed by atoms with E-state index in [1.54, 1.807) is 11.3 Å². The van der Waals surface area contributed by atoms with Crippen LogP contribution in [-0.4, -0.2) is 0 Å². The monoisotopic (exact) mass is 256 g/mol. The molecule has 1 aromatic carbocycles. The molecule has 15 heavy (non-hydrogen) atoms. The normalized spacial score (nSPS) is 12.7. The van der Waals surface area contributed by atoms with Crippen molar-refractivity contribution in [2.75, 3.05) is 0 Å². The molecule has 0 bridgehead atoms. The molecule has 1 heterocycles. The Kier molecular flexibility index (Phi) is 3.35. The number of aryl methyl sites for hydroxylation is 1. The topological polar surface area (TPSA) is 0 Å². The summed E-state index contributed by atoms with van der Waals surface area (Å²) in [6.07, 6.45) is 0. The van der Waals surface area contributed by atoms with Crippen LogP contribution in [0.25, 0.3) is 0 Å². The molecule has 3 heteroatoms. The van der Waals surface area contributed by atoms with E-state index in [4.69, 9.17) is 23.2 Å². The predicted molar refractivity (Wildman–Crippen MR) is 68.2 cm³/mol. The highest BCUT2D eigenvalue weighted by Gasteiger charge is 2.14. The second-order valence-electron chi connectivity index (χ2n) is 3.33. The van der Waals surface area contributed by atoms with Crippen LogP contribution in [0.1, 0.15) is 20.7 Å². The molecule has 0 saturated carbocycles. The van der Waals surface area contributed by atoms with Gasteiger partial charge in [0.15, 0.2) is 0 Å². The van der Waals surface area contributed by atoms with E-state index in [1.807, 2.05) is 24.3 Å². The first-order valence-corrected chi connectivity index (χ1v) is 6.26. The molecule has 1 unspecified atom stereocenters. The maximum absolute atomic E-state index is 6.38. The molecule has 0 N–H and O–H groups in total. The van der Waals surface area contributed by atoms with Crippen LogP contribution in [0, 0.1) is 6.92 Å². The maximum Gasteiger partial charge on any atom is 0.0942 e. The van der Waals surface area contributed by atoms with Crippen molar-refractivity contribution < 1.29 is 0 Å². The molecule has 2 aromatic rings. The number of hydrogen-bond acceptors (Lipinski definition) is 1. The van der Waals surface area contributed by atoms with Crippen LogP contribution >= 0.6 is 34.5 Å². The van der Waals surface area contributed by atoms with Crippen molar-refractivity contribution in [1.82, 2.24) is 0 Å². The molecular weight excluding hydrogens is 247 g/mol. The zero-order valence-electron chi connectivity index (χ0n) is 8.21. The number of rotatable bonds is 2. The lowest BCUT2D eigenvalue weighted by Crippen LogP contribution is -1.90. The number of alkyl halides is 1. The van der Waals surface area contributed by atoms with Crippen molar-refractivity contribution in [2.24, 2.45) is 0 Å². The minimum Gasteiger partial charge on any atom is -0.144 e. The van der Waals surface area contributed by atoms with Gasteiger partial charge in [0.1, 0.15) is 0 Å². The minimum absolute atomic E-state index is 0.141. The van der Waals surface area contributed by atoms with Gasteiger partial charge in [0, 0.05) is 14.8 Å². The van der Waals surface area contributed by atoms with E-state index in [0.717, 1.165) is 15.5 Å². The van der Waals surface area contributed by atoms with Crippen molar-refractivity contribution >= 4 is 34.5 Å². The highest BCUT2D eigenvalue weighted by molar-refractivity contribution is 7.12. The van der Waals surface area contributed by atoms with Crippen LogP contribution in [-0.2, 0) is 0 Å². The molecule has 0 amide bonds. The third kappa shape index (κ3) is 2.36. The van der Waals surface area contributed by atoms with Crippen LogP contribution in [0.5, 0.6) is 0 Å². The molecular formula is C12H10Cl2S. The number of hydrogen-bond donors (Lipinski definition) is 0. The minimum atomic E-state index is -0.141.